The summed E-state index contributed by atoms with van der Waals surface area (Å²) < 4.78 is 66.2. The summed E-state index contributed by atoms with van der Waals surface area (Å²) in [6.07, 6.45) is 5.94. The van der Waals surface area contributed by atoms with Crippen molar-refractivity contribution in [3.05, 3.63) is 60.4 Å². The van der Waals surface area contributed by atoms with E-state index in [9.17, 15) is 32.0 Å². The average Bonchev–Trinajstić information content (AvgIpc) is 4.11. The van der Waals surface area contributed by atoms with Crippen LogP contribution < -0.4 is 24.8 Å². The van der Waals surface area contributed by atoms with Crippen molar-refractivity contribution in [1.82, 2.24) is 30.2 Å². The number of alkyl carbamates (subject to hydrolysis) is 1. The zero-order chi connectivity index (χ0) is 43.3. The molecule has 324 valence electrons. The van der Waals surface area contributed by atoms with E-state index in [0.717, 1.165) is 6.42 Å². The van der Waals surface area contributed by atoms with Crippen molar-refractivity contribution in [3.8, 4) is 23.0 Å². The van der Waals surface area contributed by atoms with Crippen LogP contribution >= 0.6 is 0 Å². The molecular weight excluding hydrogens is 812 g/mol. The lowest BCUT2D eigenvalue weighted by Gasteiger charge is -2.30. The van der Waals surface area contributed by atoms with Gasteiger partial charge in [0.2, 0.25) is 27.4 Å². The van der Waals surface area contributed by atoms with Crippen molar-refractivity contribution in [2.45, 2.75) is 113 Å². The highest BCUT2D eigenvalue weighted by Gasteiger charge is 2.62. The smallest absolute Gasteiger partial charge is 0.408 e. The zero-order valence-electron chi connectivity index (χ0n) is 34.4. The lowest BCUT2D eigenvalue weighted by molar-refractivity contribution is -0.141. The maximum Gasteiger partial charge on any atom is 0.408 e. The normalized spacial score (nSPS) is 25.4. The first kappa shape index (κ1) is 41.9. The molecule has 4 heterocycles. The third-order valence-corrected chi connectivity index (χ3v) is 13.2. The number of furan rings is 1. The topological polar surface area (TPSA) is 208 Å². The summed E-state index contributed by atoms with van der Waals surface area (Å²) in [6, 6.07) is 8.68. The number of aromatic nitrogens is 2. The molecule has 61 heavy (non-hydrogen) atoms. The van der Waals surface area contributed by atoms with Gasteiger partial charge in [-0.05, 0) is 102 Å². The monoisotopic (exact) mass is 860 g/mol. The maximum atomic E-state index is 14.7. The van der Waals surface area contributed by atoms with Crippen LogP contribution in [0, 0.1) is 11.7 Å². The molecule has 3 N–H and O–H groups in total. The van der Waals surface area contributed by atoms with Gasteiger partial charge in [0.1, 0.15) is 52.0 Å². The summed E-state index contributed by atoms with van der Waals surface area (Å²) in [5.41, 5.74) is -1.13. The molecule has 18 heteroatoms. The summed E-state index contributed by atoms with van der Waals surface area (Å²) in [6.45, 7) is 4.96. The highest BCUT2D eigenvalue weighted by atomic mass is 32.2. The number of carbonyl (C=O) groups excluding carboxylic acids is 4. The first-order valence-corrected chi connectivity index (χ1v) is 22.1. The van der Waals surface area contributed by atoms with Crippen molar-refractivity contribution < 1.29 is 50.6 Å². The van der Waals surface area contributed by atoms with Gasteiger partial charge < -0.3 is 34.2 Å². The first-order valence-electron chi connectivity index (χ1n) is 20.6. The predicted octanol–water partition coefficient (Wildman–Crippen LogP) is 5.44. The Hall–Kier alpha value is -5.78. The van der Waals surface area contributed by atoms with Gasteiger partial charge >= 0.3 is 6.09 Å². The van der Waals surface area contributed by atoms with E-state index >= 15 is 0 Å². The molecule has 8 rings (SSSR count). The Balaban J connectivity index is 1.15. The number of hydrogen-bond acceptors (Lipinski definition) is 12. The van der Waals surface area contributed by atoms with E-state index < -0.39 is 80.2 Å². The van der Waals surface area contributed by atoms with Crippen molar-refractivity contribution in [2.24, 2.45) is 5.92 Å². The standard InChI is InChI=1S/C43H49FN6O10S/c1-42(2,3)60-41(54)45-31-11-9-7-5-6-8-10-25-22-43(25,40(53)49-61(55,56)29-17-18-29)48-37(51)32-21-28(23-50(32)39(31)52)58-38-35-34(30-20-26(44)14-19-33(30)59-35)46-36(47-38)24-12-15-27(57-4)16-13-24/h8,10,12-16,19-20,25,28-29,31-32H,5-7,9,11,17-18,21-23H2,1-4H3,(H,45,54)(H,48,51)(H,49,53)/b10-8-/t25-,28+,31-,32-,43+/m0/s1. The van der Waals surface area contributed by atoms with E-state index in [-0.39, 0.29) is 48.6 Å². The molecule has 0 spiro atoms. The fraction of sp³-hybridized carbons (Fsp3) is 0.488. The van der Waals surface area contributed by atoms with Crippen LogP contribution in [-0.2, 0) is 29.1 Å². The van der Waals surface area contributed by atoms with Gasteiger partial charge in [0.15, 0.2) is 5.82 Å². The number of carbonyl (C=O) groups is 4. The third-order valence-electron chi connectivity index (χ3n) is 11.4. The van der Waals surface area contributed by atoms with Gasteiger partial charge in [-0.2, -0.15) is 4.98 Å². The molecule has 2 aromatic heterocycles. The Kier molecular flexibility index (Phi) is 11.2. The van der Waals surface area contributed by atoms with E-state index in [2.05, 4.69) is 15.4 Å². The van der Waals surface area contributed by atoms with Gasteiger partial charge in [-0.1, -0.05) is 25.0 Å². The zero-order valence-corrected chi connectivity index (χ0v) is 35.2. The number of benzene rings is 2. The van der Waals surface area contributed by atoms with Gasteiger partial charge in [-0.25, -0.2) is 22.6 Å². The minimum atomic E-state index is -3.95. The van der Waals surface area contributed by atoms with E-state index in [0.29, 0.717) is 54.4 Å². The summed E-state index contributed by atoms with van der Waals surface area (Å²) >= 11 is 0. The second kappa shape index (κ2) is 16.2. The lowest BCUT2D eigenvalue weighted by atomic mass is 10.0. The number of rotatable bonds is 8. The quantitative estimate of drug-likeness (QED) is 0.190. The highest BCUT2D eigenvalue weighted by Crippen LogP contribution is 2.46. The molecule has 2 saturated carbocycles. The molecule has 0 radical (unpaired) electrons. The Morgan fingerprint density at radius 3 is 2.52 bits per heavy atom. The molecule has 0 unspecified atom stereocenters. The van der Waals surface area contributed by atoms with Crippen LogP contribution in [0.15, 0.2) is 59.0 Å². The van der Waals surface area contributed by atoms with Gasteiger partial charge in [0.25, 0.3) is 11.8 Å². The summed E-state index contributed by atoms with van der Waals surface area (Å²) in [7, 11) is -2.41. The van der Waals surface area contributed by atoms with Crippen LogP contribution in [0.2, 0.25) is 0 Å². The molecule has 1 saturated heterocycles. The van der Waals surface area contributed by atoms with Crippen LogP contribution in [-0.4, -0.2) is 95.3 Å². The van der Waals surface area contributed by atoms with Crippen molar-refractivity contribution in [3.63, 3.8) is 0 Å². The Morgan fingerprint density at radius 1 is 1.03 bits per heavy atom. The number of fused-ring (bicyclic) bond motifs is 5. The van der Waals surface area contributed by atoms with E-state index in [4.69, 9.17) is 28.6 Å². The molecule has 4 amide bonds. The Labute approximate surface area is 352 Å². The van der Waals surface area contributed by atoms with Crippen LogP contribution in [0.4, 0.5) is 9.18 Å². The van der Waals surface area contributed by atoms with Crippen LogP contribution in [0.3, 0.4) is 0 Å². The number of amides is 4. The minimum absolute atomic E-state index is 0.0232. The maximum absolute atomic E-state index is 14.7. The van der Waals surface area contributed by atoms with Crippen molar-refractivity contribution in [1.29, 1.82) is 0 Å². The molecule has 4 aliphatic rings. The number of halogens is 1. The second-order valence-electron chi connectivity index (χ2n) is 17.2. The largest absolute Gasteiger partial charge is 0.497 e. The number of nitrogens with one attached hydrogen (secondary N) is 3. The number of methoxy groups -OCH3 is 1. The number of hydrogen-bond donors (Lipinski definition) is 3. The molecule has 3 fully saturated rings. The van der Waals surface area contributed by atoms with Crippen LogP contribution in [0.25, 0.3) is 33.5 Å². The number of nitrogens with zero attached hydrogens (tertiary/aromatic N) is 3. The van der Waals surface area contributed by atoms with Crippen molar-refractivity contribution >= 4 is 55.9 Å². The average molecular weight is 861 g/mol. The van der Waals surface area contributed by atoms with E-state index in [1.807, 2.05) is 12.2 Å². The van der Waals surface area contributed by atoms with Gasteiger partial charge in [-0.3, -0.25) is 19.1 Å². The Morgan fingerprint density at radius 2 is 1.80 bits per heavy atom. The molecule has 2 aliphatic heterocycles. The van der Waals surface area contributed by atoms with E-state index in [1.54, 1.807) is 52.1 Å². The van der Waals surface area contributed by atoms with Crippen LogP contribution in [0.1, 0.15) is 78.6 Å². The molecule has 5 atom stereocenters. The van der Waals surface area contributed by atoms with Crippen LogP contribution in [0.5, 0.6) is 11.6 Å². The third kappa shape index (κ3) is 8.99. The Bertz CT molecular complexity index is 2520. The molecule has 2 aliphatic carbocycles. The van der Waals surface area contributed by atoms with E-state index in [1.165, 1.54) is 23.1 Å². The highest BCUT2D eigenvalue weighted by molar-refractivity contribution is 7.91. The molecular formula is C43H49FN6O10S. The molecule has 2 aromatic carbocycles. The summed E-state index contributed by atoms with van der Waals surface area (Å²) in [4.78, 5) is 67.0. The number of allylic oxidation sites excluding steroid dienone is 1. The lowest BCUT2D eigenvalue weighted by Crippen LogP contribution is -2.58. The van der Waals surface area contributed by atoms with Gasteiger partial charge in [-0.15, -0.1) is 0 Å². The molecule has 4 aromatic rings. The fourth-order valence-electron chi connectivity index (χ4n) is 7.99. The second-order valence-corrected chi connectivity index (χ2v) is 19.2. The molecule has 0 bridgehead atoms. The number of ether oxygens (including phenoxy) is 3. The first-order chi connectivity index (χ1) is 29.0. The fourth-order valence-corrected chi connectivity index (χ4v) is 9.36. The summed E-state index contributed by atoms with van der Waals surface area (Å²) in [5.74, 6) is -2.30. The van der Waals surface area contributed by atoms with Gasteiger partial charge in [0.05, 0.1) is 18.9 Å². The molecule has 16 nitrogen and oxygen atoms in total. The summed E-state index contributed by atoms with van der Waals surface area (Å²) in [5, 5.41) is 5.29. The number of sulfonamides is 1. The van der Waals surface area contributed by atoms with Gasteiger partial charge in [0, 0.05) is 23.3 Å². The minimum Gasteiger partial charge on any atom is -0.497 e. The van der Waals surface area contributed by atoms with Crippen molar-refractivity contribution in [2.75, 3.05) is 13.7 Å². The predicted molar refractivity (Wildman–Crippen MR) is 220 cm³/mol. The SMILES string of the molecule is COc1ccc(-c2nc(O[C@@H]3C[C@H]4C(=O)N[C@]5(C(=O)NS(=O)(=O)C6CC6)C[C@@H]5/C=C\CCCCC[C@H](NC(=O)OC(C)(C)C)C(=O)N4C3)c3oc4ccc(F)cc4c3n2)cc1.